The van der Waals surface area contributed by atoms with Gasteiger partial charge in [-0.3, -0.25) is 4.79 Å². The van der Waals surface area contributed by atoms with Gasteiger partial charge >= 0.3 is 5.97 Å². The second kappa shape index (κ2) is 6.29. The van der Waals surface area contributed by atoms with Crippen LogP contribution in [0.5, 0.6) is 0 Å². The van der Waals surface area contributed by atoms with Crippen molar-refractivity contribution < 1.29 is 14.6 Å². The number of rotatable bonds is 7. The fourth-order valence-corrected chi connectivity index (χ4v) is 1.54. The van der Waals surface area contributed by atoms with Crippen molar-refractivity contribution >= 4 is 5.97 Å². The summed E-state index contributed by atoms with van der Waals surface area (Å²) in [6.07, 6.45) is 0.00182. The van der Waals surface area contributed by atoms with Crippen molar-refractivity contribution in [3.8, 4) is 0 Å². The lowest BCUT2D eigenvalue weighted by atomic mass is 10.0. The van der Waals surface area contributed by atoms with Gasteiger partial charge < -0.3 is 9.84 Å². The molecule has 1 N–H and O–H groups in total. The third-order valence-corrected chi connectivity index (χ3v) is 2.46. The minimum atomic E-state index is -0.860. The zero-order chi connectivity index (χ0) is 12.8. The number of hydrogen-bond acceptors (Lipinski definition) is 5. The van der Waals surface area contributed by atoms with Crippen LogP contribution in [-0.4, -0.2) is 37.9 Å². The van der Waals surface area contributed by atoms with E-state index in [0.717, 1.165) is 0 Å². The highest BCUT2D eigenvalue weighted by atomic mass is 16.5. The van der Waals surface area contributed by atoms with Gasteiger partial charge in [-0.15, -0.1) is 5.10 Å². The van der Waals surface area contributed by atoms with E-state index in [1.807, 2.05) is 20.8 Å². The lowest BCUT2D eigenvalue weighted by molar-refractivity contribution is -0.138. The molecule has 0 saturated carbocycles. The maximum atomic E-state index is 10.8. The molecule has 96 valence electrons. The lowest BCUT2D eigenvalue weighted by Crippen LogP contribution is -2.22. The number of aromatic nitrogens is 4. The molecule has 17 heavy (non-hydrogen) atoms. The van der Waals surface area contributed by atoms with Crippen molar-refractivity contribution in [1.82, 2.24) is 20.2 Å². The van der Waals surface area contributed by atoms with Crippen molar-refractivity contribution in [2.24, 2.45) is 5.92 Å². The van der Waals surface area contributed by atoms with E-state index >= 15 is 0 Å². The molecule has 0 bridgehead atoms. The van der Waals surface area contributed by atoms with Gasteiger partial charge in [0.1, 0.15) is 6.61 Å². The highest BCUT2D eigenvalue weighted by molar-refractivity contribution is 5.67. The molecule has 0 aliphatic rings. The Balaban J connectivity index is 2.85. The number of ether oxygens (including phenoxy) is 1. The molecule has 1 unspecified atom stereocenters. The fraction of sp³-hybridized carbons (Fsp3) is 0.800. The Morgan fingerprint density at radius 1 is 1.53 bits per heavy atom. The molecule has 0 aliphatic heterocycles. The second-order valence-electron chi connectivity index (χ2n) is 4.09. The summed E-state index contributed by atoms with van der Waals surface area (Å²) in [6, 6.07) is -0.252. The zero-order valence-electron chi connectivity index (χ0n) is 10.3. The summed E-state index contributed by atoms with van der Waals surface area (Å²) in [5.41, 5.74) is 0. The first-order chi connectivity index (χ1) is 8.06. The Labute approximate surface area is 99.8 Å². The van der Waals surface area contributed by atoms with Gasteiger partial charge in [-0.1, -0.05) is 13.8 Å². The van der Waals surface area contributed by atoms with E-state index in [0.29, 0.717) is 19.0 Å². The molecule has 1 aromatic rings. The van der Waals surface area contributed by atoms with Crippen LogP contribution in [0.2, 0.25) is 0 Å². The second-order valence-corrected chi connectivity index (χ2v) is 4.09. The Morgan fingerprint density at radius 2 is 2.24 bits per heavy atom. The lowest BCUT2D eigenvalue weighted by Gasteiger charge is -2.19. The summed E-state index contributed by atoms with van der Waals surface area (Å²) in [5, 5.41) is 20.2. The highest BCUT2D eigenvalue weighted by Crippen LogP contribution is 2.21. The van der Waals surface area contributed by atoms with Gasteiger partial charge in [-0.25, -0.2) is 4.68 Å². The third kappa shape index (κ3) is 3.77. The van der Waals surface area contributed by atoms with Crippen LogP contribution in [0.1, 0.15) is 39.1 Å². The van der Waals surface area contributed by atoms with E-state index < -0.39 is 5.97 Å². The molecular weight excluding hydrogens is 224 g/mol. The van der Waals surface area contributed by atoms with Crippen LogP contribution in [0.25, 0.3) is 0 Å². The van der Waals surface area contributed by atoms with Gasteiger partial charge in [0, 0.05) is 6.61 Å². The van der Waals surface area contributed by atoms with Crippen molar-refractivity contribution in [2.45, 2.75) is 39.8 Å². The van der Waals surface area contributed by atoms with E-state index in [2.05, 4.69) is 15.5 Å². The molecule has 0 aliphatic carbocycles. The third-order valence-electron chi connectivity index (χ3n) is 2.46. The van der Waals surface area contributed by atoms with Crippen LogP contribution in [0.15, 0.2) is 0 Å². The van der Waals surface area contributed by atoms with Gasteiger partial charge in [0.05, 0.1) is 12.5 Å². The molecule has 7 heteroatoms. The number of hydrogen-bond donors (Lipinski definition) is 1. The normalized spacial score (nSPS) is 12.9. The fourth-order valence-electron chi connectivity index (χ4n) is 1.54. The van der Waals surface area contributed by atoms with Gasteiger partial charge in [-0.05, 0) is 23.3 Å². The SMILES string of the molecule is CCOCc1nnnn1C(CC(=O)O)C(C)C. The molecule has 0 fully saturated rings. The van der Waals surface area contributed by atoms with Gasteiger partial charge in [0.25, 0.3) is 0 Å². The minimum Gasteiger partial charge on any atom is -0.481 e. The average molecular weight is 242 g/mol. The minimum absolute atomic E-state index is 0.00182. The smallest absolute Gasteiger partial charge is 0.305 e. The first-order valence-electron chi connectivity index (χ1n) is 5.62. The monoisotopic (exact) mass is 242 g/mol. The predicted octanol–water partition coefficient (Wildman–Crippen LogP) is 0.881. The van der Waals surface area contributed by atoms with Crippen LogP contribution >= 0.6 is 0 Å². The Hall–Kier alpha value is -1.50. The molecule has 7 nitrogen and oxygen atoms in total. The van der Waals surface area contributed by atoms with Crippen molar-refractivity contribution in [2.75, 3.05) is 6.61 Å². The number of carboxylic acid groups (broad SMARTS) is 1. The molecule has 1 rings (SSSR count). The first-order valence-corrected chi connectivity index (χ1v) is 5.62. The van der Waals surface area contributed by atoms with Gasteiger partial charge in [0.15, 0.2) is 5.82 Å². The van der Waals surface area contributed by atoms with E-state index in [1.165, 1.54) is 0 Å². The molecule has 0 saturated heterocycles. The van der Waals surface area contributed by atoms with Crippen LogP contribution < -0.4 is 0 Å². The molecular formula is C10H18N4O3. The van der Waals surface area contributed by atoms with E-state index in [4.69, 9.17) is 9.84 Å². The summed E-state index contributed by atoms with van der Waals surface area (Å²) in [4.78, 5) is 10.8. The summed E-state index contributed by atoms with van der Waals surface area (Å²) >= 11 is 0. The highest BCUT2D eigenvalue weighted by Gasteiger charge is 2.23. The molecule has 0 radical (unpaired) electrons. The predicted molar refractivity (Wildman–Crippen MR) is 59.3 cm³/mol. The van der Waals surface area contributed by atoms with E-state index in [-0.39, 0.29) is 18.4 Å². The molecule has 1 aromatic heterocycles. The zero-order valence-corrected chi connectivity index (χ0v) is 10.3. The summed E-state index contributed by atoms with van der Waals surface area (Å²) in [5.74, 6) is -0.164. The molecule has 0 aromatic carbocycles. The standard InChI is InChI=1S/C10H18N4O3/c1-4-17-6-9-11-12-13-14(9)8(7(2)3)5-10(15)16/h7-8H,4-6H2,1-3H3,(H,15,16). The van der Waals surface area contributed by atoms with Crippen LogP contribution in [0.3, 0.4) is 0 Å². The van der Waals surface area contributed by atoms with Crippen molar-refractivity contribution in [3.63, 3.8) is 0 Å². The maximum absolute atomic E-state index is 10.8. The van der Waals surface area contributed by atoms with Gasteiger partial charge in [-0.2, -0.15) is 0 Å². The van der Waals surface area contributed by atoms with Crippen LogP contribution in [0.4, 0.5) is 0 Å². The van der Waals surface area contributed by atoms with Gasteiger partial charge in [0.2, 0.25) is 0 Å². The van der Waals surface area contributed by atoms with Crippen LogP contribution in [-0.2, 0) is 16.1 Å². The number of aliphatic carboxylic acids is 1. The molecule has 1 heterocycles. The molecule has 0 amide bonds. The Morgan fingerprint density at radius 3 is 2.76 bits per heavy atom. The Bertz CT molecular complexity index is 364. The number of carboxylic acids is 1. The number of nitrogens with zero attached hydrogens (tertiary/aromatic N) is 4. The Kier molecular flexibility index (Phi) is 5.02. The molecule has 1 atom stereocenters. The first kappa shape index (κ1) is 13.6. The average Bonchev–Trinajstić information content (AvgIpc) is 2.70. The quantitative estimate of drug-likeness (QED) is 0.763. The number of carbonyl (C=O) groups is 1. The van der Waals surface area contributed by atoms with Crippen LogP contribution in [0, 0.1) is 5.92 Å². The van der Waals surface area contributed by atoms with Crippen molar-refractivity contribution in [3.05, 3.63) is 5.82 Å². The topological polar surface area (TPSA) is 90.1 Å². The van der Waals surface area contributed by atoms with Crippen molar-refractivity contribution in [1.29, 1.82) is 0 Å². The van der Waals surface area contributed by atoms with E-state index in [9.17, 15) is 4.79 Å². The van der Waals surface area contributed by atoms with E-state index in [1.54, 1.807) is 4.68 Å². The largest absolute Gasteiger partial charge is 0.481 e. The summed E-state index contributed by atoms with van der Waals surface area (Å²) < 4.78 is 6.79. The summed E-state index contributed by atoms with van der Waals surface area (Å²) in [6.45, 7) is 6.63. The summed E-state index contributed by atoms with van der Waals surface area (Å²) in [7, 11) is 0. The maximum Gasteiger partial charge on any atom is 0.305 e. The molecule has 0 spiro atoms. The number of tetrazole rings is 1.